The highest BCUT2D eigenvalue weighted by Crippen LogP contribution is 2.22. The van der Waals surface area contributed by atoms with Gasteiger partial charge in [-0.1, -0.05) is 24.3 Å². The second-order valence-electron chi connectivity index (χ2n) is 6.82. The molecule has 0 bridgehead atoms. The standard InChI is InChI=1S/C22H26FNO3/c1-2-26-19-9-7-17(8-10-19)15-22(25)24-13-11-18(12-14-24)16-27-21-6-4-3-5-20(21)23/h3-10,18H,2,11-16H2,1H3. The second-order valence-corrected chi connectivity index (χ2v) is 6.82. The monoisotopic (exact) mass is 371 g/mol. The molecule has 1 fully saturated rings. The van der Waals surface area contributed by atoms with Crippen molar-refractivity contribution >= 4 is 5.91 Å². The lowest BCUT2D eigenvalue weighted by atomic mass is 9.97. The number of nitrogens with zero attached hydrogens (tertiary/aromatic N) is 1. The number of ether oxygens (including phenoxy) is 2. The van der Waals surface area contributed by atoms with Gasteiger partial charge in [0.05, 0.1) is 19.6 Å². The van der Waals surface area contributed by atoms with Gasteiger partial charge in [-0.2, -0.15) is 0 Å². The maximum atomic E-state index is 13.6. The molecule has 0 aromatic heterocycles. The third-order valence-electron chi connectivity index (χ3n) is 4.87. The zero-order chi connectivity index (χ0) is 19.1. The number of para-hydroxylation sites is 1. The van der Waals surface area contributed by atoms with E-state index in [-0.39, 0.29) is 11.7 Å². The topological polar surface area (TPSA) is 38.8 Å². The van der Waals surface area contributed by atoms with Crippen LogP contribution in [0.2, 0.25) is 0 Å². The van der Waals surface area contributed by atoms with Crippen LogP contribution < -0.4 is 9.47 Å². The van der Waals surface area contributed by atoms with Crippen LogP contribution in [-0.2, 0) is 11.2 Å². The quantitative estimate of drug-likeness (QED) is 0.736. The van der Waals surface area contributed by atoms with Crippen molar-refractivity contribution in [1.82, 2.24) is 4.90 Å². The van der Waals surface area contributed by atoms with Crippen molar-refractivity contribution in [3.63, 3.8) is 0 Å². The Hall–Kier alpha value is -2.56. The van der Waals surface area contributed by atoms with E-state index in [1.54, 1.807) is 18.2 Å². The molecular formula is C22H26FNO3. The van der Waals surface area contributed by atoms with Crippen LogP contribution in [0.25, 0.3) is 0 Å². The molecule has 27 heavy (non-hydrogen) atoms. The molecule has 1 heterocycles. The van der Waals surface area contributed by atoms with Crippen LogP contribution in [0.1, 0.15) is 25.3 Å². The molecule has 0 saturated carbocycles. The van der Waals surface area contributed by atoms with Gasteiger partial charge in [0.2, 0.25) is 5.91 Å². The maximum Gasteiger partial charge on any atom is 0.226 e. The molecule has 4 nitrogen and oxygen atoms in total. The number of carbonyl (C=O) groups is 1. The Kier molecular flexibility index (Phi) is 6.69. The van der Waals surface area contributed by atoms with Crippen molar-refractivity contribution in [3.8, 4) is 11.5 Å². The maximum absolute atomic E-state index is 13.6. The number of likely N-dealkylation sites (tertiary alicyclic amines) is 1. The van der Waals surface area contributed by atoms with Crippen LogP contribution in [0.4, 0.5) is 4.39 Å². The number of amides is 1. The van der Waals surface area contributed by atoms with Crippen molar-refractivity contribution in [3.05, 3.63) is 59.9 Å². The Balaban J connectivity index is 1.43. The predicted octanol–water partition coefficient (Wildman–Crippen LogP) is 4.08. The molecule has 0 spiro atoms. The molecule has 2 aromatic rings. The number of hydrogen-bond acceptors (Lipinski definition) is 3. The van der Waals surface area contributed by atoms with E-state index in [0.717, 1.165) is 37.2 Å². The summed E-state index contributed by atoms with van der Waals surface area (Å²) in [6.07, 6.45) is 2.16. The van der Waals surface area contributed by atoms with Gasteiger partial charge in [-0.15, -0.1) is 0 Å². The molecule has 0 radical (unpaired) electrons. The molecule has 2 aromatic carbocycles. The molecule has 144 valence electrons. The van der Waals surface area contributed by atoms with Crippen LogP contribution in [0.3, 0.4) is 0 Å². The minimum absolute atomic E-state index is 0.146. The minimum Gasteiger partial charge on any atom is -0.494 e. The fourth-order valence-corrected chi connectivity index (χ4v) is 3.28. The van der Waals surface area contributed by atoms with Gasteiger partial charge in [0.1, 0.15) is 5.75 Å². The molecule has 5 heteroatoms. The molecule has 1 amide bonds. The first kappa shape index (κ1) is 19.2. The van der Waals surface area contributed by atoms with Crippen LogP contribution in [0.5, 0.6) is 11.5 Å². The highest BCUT2D eigenvalue weighted by atomic mass is 19.1. The van der Waals surface area contributed by atoms with Crippen molar-refractivity contribution < 1.29 is 18.7 Å². The van der Waals surface area contributed by atoms with Crippen molar-refractivity contribution in [2.45, 2.75) is 26.2 Å². The van der Waals surface area contributed by atoms with Gasteiger partial charge in [-0.25, -0.2) is 4.39 Å². The minimum atomic E-state index is -0.333. The average Bonchev–Trinajstić information content (AvgIpc) is 2.69. The van der Waals surface area contributed by atoms with Crippen LogP contribution in [0.15, 0.2) is 48.5 Å². The van der Waals surface area contributed by atoms with Crippen molar-refractivity contribution in [2.24, 2.45) is 5.92 Å². The zero-order valence-corrected chi connectivity index (χ0v) is 15.7. The van der Waals surface area contributed by atoms with Gasteiger partial charge < -0.3 is 14.4 Å². The highest BCUT2D eigenvalue weighted by Gasteiger charge is 2.23. The molecule has 1 aliphatic rings. The average molecular weight is 371 g/mol. The van der Waals surface area contributed by atoms with Crippen LogP contribution in [0, 0.1) is 11.7 Å². The Bertz CT molecular complexity index is 739. The number of halogens is 1. The number of benzene rings is 2. The van der Waals surface area contributed by atoms with Gasteiger partial charge in [0, 0.05) is 13.1 Å². The van der Waals surface area contributed by atoms with E-state index in [1.807, 2.05) is 36.1 Å². The molecule has 0 aliphatic carbocycles. The number of rotatable bonds is 7. The first-order valence-electron chi connectivity index (χ1n) is 9.52. The summed E-state index contributed by atoms with van der Waals surface area (Å²) in [7, 11) is 0. The Labute approximate surface area is 159 Å². The molecule has 0 N–H and O–H groups in total. The van der Waals surface area contributed by atoms with Crippen molar-refractivity contribution in [1.29, 1.82) is 0 Å². The van der Waals surface area contributed by atoms with E-state index in [0.29, 0.717) is 31.3 Å². The molecule has 3 rings (SSSR count). The van der Waals surface area contributed by atoms with Crippen molar-refractivity contribution in [2.75, 3.05) is 26.3 Å². The Morgan fingerprint density at radius 3 is 2.44 bits per heavy atom. The summed E-state index contributed by atoms with van der Waals surface area (Å²) in [5.74, 6) is 1.28. The lowest BCUT2D eigenvalue weighted by molar-refractivity contribution is -0.132. The van der Waals surface area contributed by atoms with Gasteiger partial charge in [-0.05, 0) is 55.5 Å². The van der Waals surface area contributed by atoms with Gasteiger partial charge in [-0.3, -0.25) is 4.79 Å². The molecule has 1 aliphatic heterocycles. The summed E-state index contributed by atoms with van der Waals surface area (Å²) in [6.45, 7) is 4.51. The number of carbonyl (C=O) groups excluding carboxylic acids is 1. The SMILES string of the molecule is CCOc1ccc(CC(=O)N2CCC(COc3ccccc3F)CC2)cc1. The van der Waals surface area contributed by atoms with E-state index in [9.17, 15) is 9.18 Å². The lowest BCUT2D eigenvalue weighted by Gasteiger charge is -2.32. The van der Waals surface area contributed by atoms with E-state index >= 15 is 0 Å². The molecule has 1 saturated heterocycles. The lowest BCUT2D eigenvalue weighted by Crippen LogP contribution is -2.40. The molecule has 0 atom stereocenters. The second kappa shape index (κ2) is 9.40. The van der Waals surface area contributed by atoms with E-state index in [2.05, 4.69) is 0 Å². The predicted molar refractivity (Wildman–Crippen MR) is 103 cm³/mol. The zero-order valence-electron chi connectivity index (χ0n) is 15.7. The first-order valence-corrected chi connectivity index (χ1v) is 9.52. The fourth-order valence-electron chi connectivity index (χ4n) is 3.28. The molecule has 0 unspecified atom stereocenters. The third-order valence-corrected chi connectivity index (χ3v) is 4.87. The van der Waals surface area contributed by atoms with Crippen LogP contribution in [-0.4, -0.2) is 37.1 Å². The summed E-state index contributed by atoms with van der Waals surface area (Å²) in [5, 5.41) is 0. The van der Waals surface area contributed by atoms with Gasteiger partial charge in [0.15, 0.2) is 11.6 Å². The fraction of sp³-hybridized carbons (Fsp3) is 0.409. The van der Waals surface area contributed by atoms with E-state index in [1.165, 1.54) is 6.07 Å². The van der Waals surface area contributed by atoms with Crippen LogP contribution >= 0.6 is 0 Å². The first-order chi connectivity index (χ1) is 13.2. The largest absolute Gasteiger partial charge is 0.494 e. The normalized spacial score (nSPS) is 14.8. The van der Waals surface area contributed by atoms with Gasteiger partial charge >= 0.3 is 0 Å². The van der Waals surface area contributed by atoms with E-state index < -0.39 is 0 Å². The summed E-state index contributed by atoms with van der Waals surface area (Å²) in [4.78, 5) is 14.4. The number of hydrogen-bond donors (Lipinski definition) is 0. The molecular weight excluding hydrogens is 345 g/mol. The van der Waals surface area contributed by atoms with Gasteiger partial charge in [0.25, 0.3) is 0 Å². The summed E-state index contributed by atoms with van der Waals surface area (Å²) >= 11 is 0. The Morgan fingerprint density at radius 1 is 1.07 bits per heavy atom. The highest BCUT2D eigenvalue weighted by molar-refractivity contribution is 5.78. The smallest absolute Gasteiger partial charge is 0.226 e. The third kappa shape index (κ3) is 5.46. The number of piperidine rings is 1. The Morgan fingerprint density at radius 2 is 1.78 bits per heavy atom. The summed E-state index contributed by atoms with van der Waals surface area (Å²) < 4.78 is 24.6. The summed E-state index contributed by atoms with van der Waals surface area (Å²) in [6, 6.07) is 14.1. The van der Waals surface area contributed by atoms with E-state index in [4.69, 9.17) is 9.47 Å². The summed E-state index contributed by atoms with van der Waals surface area (Å²) in [5.41, 5.74) is 0.994.